The van der Waals surface area contributed by atoms with E-state index in [1.165, 1.54) is 0 Å². The molecule has 0 aliphatic heterocycles. The van der Waals surface area contributed by atoms with Crippen molar-refractivity contribution in [2.75, 3.05) is 0 Å². The second kappa shape index (κ2) is 4.42. The lowest BCUT2D eigenvalue weighted by Gasteiger charge is -2.01. The molecular weight excluding hydrogens is 290 g/mol. The SMILES string of the molecule is O=Cc1[nH]c2ccccc2c1-c1ccc(Br)cc1. The summed E-state index contributed by atoms with van der Waals surface area (Å²) in [5.74, 6) is 0. The van der Waals surface area contributed by atoms with Crippen LogP contribution in [0.3, 0.4) is 0 Å². The molecule has 0 aliphatic carbocycles. The van der Waals surface area contributed by atoms with Gasteiger partial charge in [0.05, 0.1) is 5.69 Å². The van der Waals surface area contributed by atoms with Crippen LogP contribution in [0.5, 0.6) is 0 Å². The maximum Gasteiger partial charge on any atom is 0.166 e. The Kier molecular flexibility index (Phi) is 2.76. The average molecular weight is 300 g/mol. The number of carbonyl (C=O) groups is 1. The lowest BCUT2D eigenvalue weighted by Crippen LogP contribution is -1.84. The third kappa shape index (κ3) is 1.77. The molecule has 0 radical (unpaired) electrons. The van der Waals surface area contributed by atoms with Gasteiger partial charge >= 0.3 is 0 Å². The van der Waals surface area contributed by atoms with E-state index in [9.17, 15) is 4.79 Å². The predicted octanol–water partition coefficient (Wildman–Crippen LogP) is 4.41. The molecule has 0 atom stereocenters. The largest absolute Gasteiger partial charge is 0.352 e. The Morgan fingerprint density at radius 1 is 1.00 bits per heavy atom. The molecule has 3 aromatic rings. The van der Waals surface area contributed by atoms with Gasteiger partial charge in [0.15, 0.2) is 6.29 Å². The smallest absolute Gasteiger partial charge is 0.166 e. The van der Waals surface area contributed by atoms with Gasteiger partial charge in [-0.25, -0.2) is 0 Å². The summed E-state index contributed by atoms with van der Waals surface area (Å²) in [6.07, 6.45) is 0.872. The maximum atomic E-state index is 11.2. The molecule has 0 saturated heterocycles. The van der Waals surface area contributed by atoms with E-state index < -0.39 is 0 Å². The summed E-state index contributed by atoms with van der Waals surface area (Å²) in [5.41, 5.74) is 3.61. The molecule has 18 heavy (non-hydrogen) atoms. The molecule has 0 spiro atoms. The highest BCUT2D eigenvalue weighted by Gasteiger charge is 2.12. The molecule has 1 heterocycles. The molecule has 2 aromatic carbocycles. The van der Waals surface area contributed by atoms with Gasteiger partial charge in [-0.2, -0.15) is 0 Å². The van der Waals surface area contributed by atoms with E-state index in [-0.39, 0.29) is 0 Å². The molecule has 0 amide bonds. The summed E-state index contributed by atoms with van der Waals surface area (Å²) in [4.78, 5) is 14.3. The van der Waals surface area contributed by atoms with Gasteiger partial charge in [0.1, 0.15) is 0 Å². The Bertz CT molecular complexity index is 713. The highest BCUT2D eigenvalue weighted by Crippen LogP contribution is 2.32. The minimum absolute atomic E-state index is 0.624. The number of benzene rings is 2. The highest BCUT2D eigenvalue weighted by molar-refractivity contribution is 9.10. The molecule has 0 fully saturated rings. The third-order valence-electron chi connectivity index (χ3n) is 2.99. The number of aromatic nitrogens is 1. The number of aromatic amines is 1. The Hall–Kier alpha value is -1.87. The third-order valence-corrected chi connectivity index (χ3v) is 3.51. The number of rotatable bonds is 2. The van der Waals surface area contributed by atoms with Crippen LogP contribution in [0.4, 0.5) is 0 Å². The molecule has 0 unspecified atom stereocenters. The number of H-pyrrole nitrogens is 1. The Morgan fingerprint density at radius 3 is 2.44 bits per heavy atom. The van der Waals surface area contributed by atoms with Crippen LogP contribution >= 0.6 is 15.9 Å². The molecule has 3 rings (SSSR count). The summed E-state index contributed by atoms with van der Waals surface area (Å²) >= 11 is 3.42. The first kappa shape index (κ1) is 11.2. The van der Waals surface area contributed by atoms with Crippen molar-refractivity contribution in [3.63, 3.8) is 0 Å². The summed E-state index contributed by atoms with van der Waals surface area (Å²) < 4.78 is 1.03. The van der Waals surface area contributed by atoms with Crippen LogP contribution in [0.2, 0.25) is 0 Å². The zero-order valence-electron chi connectivity index (χ0n) is 9.48. The first-order valence-corrected chi connectivity index (χ1v) is 6.41. The molecule has 88 valence electrons. The topological polar surface area (TPSA) is 32.9 Å². The van der Waals surface area contributed by atoms with Crippen LogP contribution in [-0.4, -0.2) is 11.3 Å². The molecule has 2 nitrogen and oxygen atoms in total. The van der Waals surface area contributed by atoms with Crippen molar-refractivity contribution in [2.45, 2.75) is 0 Å². The number of carbonyl (C=O) groups excluding carboxylic acids is 1. The summed E-state index contributed by atoms with van der Waals surface area (Å²) in [6.45, 7) is 0. The van der Waals surface area contributed by atoms with Crippen molar-refractivity contribution in [3.05, 3.63) is 58.7 Å². The van der Waals surface area contributed by atoms with Gasteiger partial charge in [-0.3, -0.25) is 4.79 Å². The van der Waals surface area contributed by atoms with Crippen LogP contribution in [-0.2, 0) is 0 Å². The lowest BCUT2D eigenvalue weighted by atomic mass is 10.0. The summed E-state index contributed by atoms with van der Waals surface area (Å²) in [7, 11) is 0. The number of hydrogen-bond acceptors (Lipinski definition) is 1. The maximum absolute atomic E-state index is 11.2. The van der Waals surface area contributed by atoms with E-state index in [1.807, 2.05) is 48.5 Å². The van der Waals surface area contributed by atoms with E-state index in [4.69, 9.17) is 0 Å². The molecular formula is C15H10BrNO. The van der Waals surface area contributed by atoms with Gasteiger partial charge in [0.2, 0.25) is 0 Å². The van der Waals surface area contributed by atoms with Crippen molar-refractivity contribution >= 4 is 33.1 Å². The number of fused-ring (bicyclic) bond motifs is 1. The lowest BCUT2D eigenvalue weighted by molar-refractivity contribution is 0.112. The Balaban J connectivity index is 2.32. The van der Waals surface area contributed by atoms with Crippen molar-refractivity contribution in [3.8, 4) is 11.1 Å². The molecule has 0 aliphatic rings. The van der Waals surface area contributed by atoms with E-state index >= 15 is 0 Å². The fourth-order valence-corrected chi connectivity index (χ4v) is 2.44. The van der Waals surface area contributed by atoms with Gasteiger partial charge in [-0.1, -0.05) is 46.3 Å². The molecule has 1 N–H and O–H groups in total. The number of aldehydes is 1. The zero-order valence-corrected chi connectivity index (χ0v) is 11.1. The first-order valence-electron chi connectivity index (χ1n) is 5.61. The van der Waals surface area contributed by atoms with Crippen LogP contribution in [0.25, 0.3) is 22.0 Å². The average Bonchev–Trinajstić information content (AvgIpc) is 2.78. The van der Waals surface area contributed by atoms with Crippen LogP contribution in [0, 0.1) is 0 Å². The van der Waals surface area contributed by atoms with Gasteiger partial charge < -0.3 is 4.98 Å². The van der Waals surface area contributed by atoms with Crippen LogP contribution < -0.4 is 0 Å². The van der Waals surface area contributed by atoms with Gasteiger partial charge in [0.25, 0.3) is 0 Å². The minimum atomic E-state index is 0.624. The minimum Gasteiger partial charge on any atom is -0.352 e. The second-order valence-corrected chi connectivity index (χ2v) is 5.00. The number of halogens is 1. The Morgan fingerprint density at radius 2 is 1.72 bits per heavy atom. The van der Waals surface area contributed by atoms with Gasteiger partial charge in [0, 0.05) is 20.9 Å². The van der Waals surface area contributed by atoms with Gasteiger partial charge in [-0.15, -0.1) is 0 Å². The van der Waals surface area contributed by atoms with Crippen molar-refractivity contribution in [1.82, 2.24) is 4.98 Å². The monoisotopic (exact) mass is 299 g/mol. The fraction of sp³-hybridized carbons (Fsp3) is 0. The fourth-order valence-electron chi connectivity index (χ4n) is 2.18. The molecule has 0 saturated carbocycles. The highest BCUT2D eigenvalue weighted by atomic mass is 79.9. The van der Waals surface area contributed by atoms with E-state index in [1.54, 1.807) is 0 Å². The van der Waals surface area contributed by atoms with E-state index in [0.29, 0.717) is 5.69 Å². The standard InChI is InChI=1S/C15H10BrNO/c16-11-7-5-10(6-8-11)15-12-3-1-2-4-13(12)17-14(15)9-18/h1-9,17H. The predicted molar refractivity (Wildman–Crippen MR) is 76.8 cm³/mol. The normalized spacial score (nSPS) is 10.7. The quantitative estimate of drug-likeness (QED) is 0.699. The van der Waals surface area contributed by atoms with Crippen LogP contribution in [0.15, 0.2) is 53.0 Å². The van der Waals surface area contributed by atoms with E-state index in [2.05, 4.69) is 20.9 Å². The van der Waals surface area contributed by atoms with Crippen molar-refractivity contribution in [2.24, 2.45) is 0 Å². The molecule has 0 bridgehead atoms. The van der Waals surface area contributed by atoms with Crippen molar-refractivity contribution < 1.29 is 4.79 Å². The van der Waals surface area contributed by atoms with Crippen LogP contribution in [0.1, 0.15) is 10.5 Å². The molecule has 3 heteroatoms. The molecule has 1 aromatic heterocycles. The summed E-state index contributed by atoms with van der Waals surface area (Å²) in [5, 5.41) is 1.07. The first-order chi connectivity index (χ1) is 8.79. The summed E-state index contributed by atoms with van der Waals surface area (Å²) in [6, 6.07) is 15.9. The zero-order chi connectivity index (χ0) is 12.5. The number of nitrogens with one attached hydrogen (secondary N) is 1. The van der Waals surface area contributed by atoms with Crippen molar-refractivity contribution in [1.29, 1.82) is 0 Å². The van der Waals surface area contributed by atoms with Gasteiger partial charge in [-0.05, 0) is 23.8 Å². The van der Waals surface area contributed by atoms with E-state index in [0.717, 1.165) is 32.8 Å². The second-order valence-electron chi connectivity index (χ2n) is 4.08. The number of para-hydroxylation sites is 1. The number of hydrogen-bond donors (Lipinski definition) is 1. The Labute approximate surface area is 113 Å².